The molecule has 0 saturated heterocycles. The van der Waals surface area contributed by atoms with Crippen molar-refractivity contribution in [3.05, 3.63) is 101 Å². The third-order valence-electron chi connectivity index (χ3n) is 5.02. The Labute approximate surface area is 182 Å². The van der Waals surface area contributed by atoms with E-state index in [4.69, 9.17) is 0 Å². The van der Waals surface area contributed by atoms with Crippen molar-refractivity contribution in [1.29, 1.82) is 0 Å². The molecule has 0 heterocycles. The highest BCUT2D eigenvalue weighted by molar-refractivity contribution is 5.57. The van der Waals surface area contributed by atoms with E-state index in [1.807, 2.05) is 60.7 Å². The first kappa shape index (κ1) is 22.9. The molecule has 0 atom stereocenters. The number of halogens is 3. The molecule has 0 aromatic heterocycles. The molecule has 0 aliphatic heterocycles. The third-order valence-corrected chi connectivity index (χ3v) is 5.02. The monoisotopic (exact) mass is 426 g/mol. The molecule has 164 valence electrons. The van der Waals surface area contributed by atoms with Crippen LogP contribution in [-0.2, 0) is 25.8 Å². The molecule has 0 spiro atoms. The van der Waals surface area contributed by atoms with Gasteiger partial charge in [0.25, 0.3) is 0 Å². The van der Waals surface area contributed by atoms with Gasteiger partial charge in [-0.15, -0.1) is 0 Å². The lowest BCUT2D eigenvalue weighted by Gasteiger charge is -2.29. The molecule has 1 N–H and O–H groups in total. The van der Waals surface area contributed by atoms with Gasteiger partial charge in [-0.2, -0.15) is 13.2 Å². The van der Waals surface area contributed by atoms with Crippen LogP contribution in [0.1, 0.15) is 36.1 Å². The molecule has 0 aliphatic carbocycles. The Balaban J connectivity index is 1.95. The fraction of sp³-hybridized carbons (Fsp3) is 0.308. The van der Waals surface area contributed by atoms with E-state index < -0.39 is 11.7 Å². The Bertz CT molecular complexity index is 896. The highest BCUT2D eigenvalue weighted by Crippen LogP contribution is 2.38. The molecule has 0 bridgehead atoms. The zero-order valence-corrected chi connectivity index (χ0v) is 18.0. The van der Waals surface area contributed by atoms with Gasteiger partial charge in [0.15, 0.2) is 0 Å². The minimum Gasteiger partial charge on any atom is -0.362 e. The number of benzene rings is 3. The standard InChI is InChI=1S/C26H29F3N2/c1-20(2)16-30-17-23-13-14-25(24(15-23)26(27,28)29)31(18-21-9-5-3-6-10-21)19-22-11-7-4-8-12-22/h3-15,20,30H,16-19H2,1-2H3. The van der Waals surface area contributed by atoms with Crippen LogP contribution >= 0.6 is 0 Å². The van der Waals surface area contributed by atoms with E-state index in [0.29, 0.717) is 31.1 Å². The Morgan fingerprint density at radius 3 is 1.81 bits per heavy atom. The maximum Gasteiger partial charge on any atom is 0.418 e. The Morgan fingerprint density at radius 1 is 0.774 bits per heavy atom. The van der Waals surface area contributed by atoms with E-state index in [0.717, 1.165) is 17.7 Å². The van der Waals surface area contributed by atoms with Gasteiger partial charge in [0.1, 0.15) is 0 Å². The van der Waals surface area contributed by atoms with Crippen LogP contribution in [0.4, 0.5) is 18.9 Å². The number of rotatable bonds is 9. The first-order valence-corrected chi connectivity index (χ1v) is 10.6. The van der Waals surface area contributed by atoms with Gasteiger partial charge in [-0.1, -0.05) is 80.6 Å². The normalized spacial score (nSPS) is 11.7. The lowest BCUT2D eigenvalue weighted by molar-refractivity contribution is -0.137. The molecule has 0 radical (unpaired) electrons. The highest BCUT2D eigenvalue weighted by Gasteiger charge is 2.35. The van der Waals surface area contributed by atoms with Gasteiger partial charge in [-0.3, -0.25) is 0 Å². The molecule has 3 aromatic carbocycles. The number of hydrogen-bond donors (Lipinski definition) is 1. The van der Waals surface area contributed by atoms with Crippen LogP contribution < -0.4 is 10.2 Å². The van der Waals surface area contributed by atoms with Crippen LogP contribution in [0.5, 0.6) is 0 Å². The minimum absolute atomic E-state index is 0.202. The van der Waals surface area contributed by atoms with Gasteiger partial charge in [-0.25, -0.2) is 0 Å². The molecule has 0 aliphatic rings. The molecule has 0 saturated carbocycles. The smallest absolute Gasteiger partial charge is 0.362 e. The van der Waals surface area contributed by atoms with Crippen molar-refractivity contribution in [2.45, 2.75) is 39.7 Å². The molecule has 2 nitrogen and oxygen atoms in total. The van der Waals surface area contributed by atoms with Crippen LogP contribution in [0.15, 0.2) is 78.9 Å². The number of alkyl halides is 3. The molecular formula is C26H29F3N2. The Morgan fingerprint density at radius 2 is 1.32 bits per heavy atom. The van der Waals surface area contributed by atoms with Gasteiger partial charge >= 0.3 is 6.18 Å². The molecular weight excluding hydrogens is 397 g/mol. The summed E-state index contributed by atoms with van der Waals surface area (Å²) in [6.07, 6.45) is -4.44. The van der Waals surface area contributed by atoms with E-state index in [1.54, 1.807) is 17.0 Å². The summed E-state index contributed by atoms with van der Waals surface area (Å²) in [5.41, 5.74) is 2.18. The zero-order valence-electron chi connectivity index (χ0n) is 18.0. The molecule has 0 fully saturated rings. The average Bonchev–Trinajstić information content (AvgIpc) is 2.74. The van der Waals surface area contributed by atoms with Crippen molar-refractivity contribution in [2.75, 3.05) is 11.4 Å². The second-order valence-corrected chi connectivity index (χ2v) is 8.20. The van der Waals surface area contributed by atoms with Crippen LogP contribution in [0, 0.1) is 5.92 Å². The second-order valence-electron chi connectivity index (χ2n) is 8.20. The van der Waals surface area contributed by atoms with Crippen molar-refractivity contribution in [3.63, 3.8) is 0 Å². The lowest BCUT2D eigenvalue weighted by atomic mass is 10.0. The molecule has 0 amide bonds. The number of nitrogens with zero attached hydrogens (tertiary/aromatic N) is 1. The van der Waals surface area contributed by atoms with Crippen molar-refractivity contribution in [3.8, 4) is 0 Å². The van der Waals surface area contributed by atoms with Crippen LogP contribution in [0.3, 0.4) is 0 Å². The van der Waals surface area contributed by atoms with E-state index in [-0.39, 0.29) is 5.69 Å². The van der Waals surface area contributed by atoms with E-state index in [1.165, 1.54) is 6.07 Å². The average molecular weight is 427 g/mol. The van der Waals surface area contributed by atoms with Gasteiger partial charge in [-0.05, 0) is 41.3 Å². The Kier molecular flexibility index (Phi) is 7.75. The van der Waals surface area contributed by atoms with E-state index in [9.17, 15) is 13.2 Å². The fourth-order valence-electron chi connectivity index (χ4n) is 3.54. The SMILES string of the molecule is CC(C)CNCc1ccc(N(Cc2ccccc2)Cc2ccccc2)c(C(F)(F)F)c1. The fourth-order valence-corrected chi connectivity index (χ4v) is 3.54. The lowest BCUT2D eigenvalue weighted by Crippen LogP contribution is -2.26. The summed E-state index contributed by atoms with van der Waals surface area (Å²) in [6.45, 7) is 6.11. The van der Waals surface area contributed by atoms with Gasteiger partial charge in [0.2, 0.25) is 0 Å². The number of hydrogen-bond acceptors (Lipinski definition) is 2. The summed E-state index contributed by atoms with van der Waals surface area (Å²) in [5, 5.41) is 3.23. The van der Waals surface area contributed by atoms with E-state index in [2.05, 4.69) is 19.2 Å². The predicted molar refractivity (Wildman–Crippen MR) is 121 cm³/mol. The second kappa shape index (κ2) is 10.5. The van der Waals surface area contributed by atoms with Gasteiger partial charge in [0.05, 0.1) is 5.56 Å². The molecule has 0 unspecified atom stereocenters. The van der Waals surface area contributed by atoms with Crippen molar-refractivity contribution in [2.24, 2.45) is 5.92 Å². The van der Waals surface area contributed by atoms with Crippen molar-refractivity contribution in [1.82, 2.24) is 5.32 Å². The summed E-state index contributed by atoms with van der Waals surface area (Å²) in [7, 11) is 0. The van der Waals surface area contributed by atoms with Crippen LogP contribution in [0.25, 0.3) is 0 Å². The van der Waals surface area contributed by atoms with Crippen LogP contribution in [0.2, 0.25) is 0 Å². The number of anilines is 1. The molecule has 31 heavy (non-hydrogen) atoms. The highest BCUT2D eigenvalue weighted by atomic mass is 19.4. The zero-order chi connectivity index (χ0) is 22.3. The largest absolute Gasteiger partial charge is 0.418 e. The molecule has 3 aromatic rings. The summed E-state index contributed by atoms with van der Waals surface area (Å²) in [4.78, 5) is 1.80. The first-order chi connectivity index (χ1) is 14.8. The maximum atomic E-state index is 14.1. The van der Waals surface area contributed by atoms with E-state index >= 15 is 0 Å². The molecule has 3 rings (SSSR count). The third kappa shape index (κ3) is 6.86. The number of nitrogens with one attached hydrogen (secondary N) is 1. The maximum absolute atomic E-state index is 14.1. The first-order valence-electron chi connectivity index (χ1n) is 10.6. The summed E-state index contributed by atoms with van der Waals surface area (Å²) < 4.78 is 42.2. The van der Waals surface area contributed by atoms with Gasteiger partial charge < -0.3 is 10.2 Å². The topological polar surface area (TPSA) is 15.3 Å². The minimum atomic E-state index is -4.44. The van der Waals surface area contributed by atoms with Crippen molar-refractivity contribution >= 4 is 5.69 Å². The molecule has 5 heteroatoms. The quantitative estimate of drug-likeness (QED) is 0.412. The van der Waals surface area contributed by atoms with Crippen molar-refractivity contribution < 1.29 is 13.2 Å². The predicted octanol–water partition coefficient (Wildman–Crippen LogP) is 6.66. The summed E-state index contributed by atoms with van der Waals surface area (Å²) >= 11 is 0. The summed E-state index contributed by atoms with van der Waals surface area (Å²) in [5.74, 6) is 0.439. The Hall–Kier alpha value is -2.79. The van der Waals surface area contributed by atoms with Crippen LogP contribution in [-0.4, -0.2) is 6.54 Å². The summed E-state index contributed by atoms with van der Waals surface area (Å²) in [6, 6.07) is 23.9. The van der Waals surface area contributed by atoms with Gasteiger partial charge in [0, 0.05) is 25.3 Å².